The maximum atomic E-state index is 2.65. The third kappa shape index (κ3) is 1.73. The molecule has 0 aromatic rings. The second-order valence-corrected chi connectivity index (χ2v) is 12.8. The van der Waals surface area contributed by atoms with Gasteiger partial charge in [0, 0.05) is 0 Å². The molecule has 0 radical (unpaired) electrons. The molecule has 0 saturated heterocycles. The monoisotopic (exact) mass is 348 g/mol. The molecule has 0 N–H and O–H groups in total. The van der Waals surface area contributed by atoms with Crippen molar-refractivity contribution >= 4 is 0 Å². The standard InChI is InChI=1S/C25H48/c1-15-16-23(12)18-20(6,7)25(14,24(18,13)22(23,10)11)21(8,9)19(4,5)17(2)3/h17-18H,15-16H2,1-14H3. The zero-order valence-electron chi connectivity index (χ0n) is 20.1. The molecule has 0 heterocycles. The number of rotatable bonds is 5. The summed E-state index contributed by atoms with van der Waals surface area (Å²) in [5.74, 6) is 1.51. The van der Waals surface area contributed by atoms with Crippen LogP contribution in [0.1, 0.15) is 110 Å². The third-order valence-electron chi connectivity index (χ3n) is 12.1. The van der Waals surface area contributed by atoms with Crippen molar-refractivity contribution in [3.05, 3.63) is 0 Å². The van der Waals surface area contributed by atoms with Crippen LogP contribution >= 0.6 is 0 Å². The van der Waals surface area contributed by atoms with E-state index in [1.54, 1.807) is 0 Å². The van der Waals surface area contributed by atoms with Crippen molar-refractivity contribution in [2.24, 2.45) is 49.7 Å². The molecule has 2 aliphatic rings. The molecule has 148 valence electrons. The Morgan fingerprint density at radius 3 is 1.64 bits per heavy atom. The van der Waals surface area contributed by atoms with E-state index in [1.165, 1.54) is 12.8 Å². The number of fused-ring (bicyclic) bond motifs is 1. The van der Waals surface area contributed by atoms with Crippen LogP contribution in [0.25, 0.3) is 0 Å². The predicted molar refractivity (Wildman–Crippen MR) is 113 cm³/mol. The van der Waals surface area contributed by atoms with Crippen LogP contribution in [0, 0.1) is 49.7 Å². The van der Waals surface area contributed by atoms with E-state index in [4.69, 9.17) is 0 Å². The smallest absolute Gasteiger partial charge is 0.0153 e. The fourth-order valence-electron chi connectivity index (χ4n) is 8.98. The van der Waals surface area contributed by atoms with Crippen molar-refractivity contribution in [3.63, 3.8) is 0 Å². The Balaban J connectivity index is 2.66. The van der Waals surface area contributed by atoms with Gasteiger partial charge in [-0.15, -0.1) is 0 Å². The highest BCUT2D eigenvalue weighted by Crippen LogP contribution is 2.95. The van der Waals surface area contributed by atoms with E-state index in [2.05, 4.69) is 96.9 Å². The van der Waals surface area contributed by atoms with Gasteiger partial charge in [-0.1, -0.05) is 103 Å². The minimum atomic E-state index is 0.272. The molecule has 0 nitrogen and oxygen atoms in total. The minimum absolute atomic E-state index is 0.272. The molecule has 0 aliphatic heterocycles. The van der Waals surface area contributed by atoms with E-state index in [-0.39, 0.29) is 5.41 Å². The van der Waals surface area contributed by atoms with Crippen LogP contribution < -0.4 is 0 Å². The van der Waals surface area contributed by atoms with Crippen LogP contribution in [0.4, 0.5) is 0 Å². The summed E-state index contributed by atoms with van der Waals surface area (Å²) in [7, 11) is 0. The minimum Gasteiger partial charge on any atom is -0.0654 e. The molecular formula is C25H48. The Bertz CT molecular complexity index is 546. The second kappa shape index (κ2) is 5.08. The average molecular weight is 349 g/mol. The molecule has 0 heteroatoms. The molecule has 0 aromatic carbocycles. The molecular weight excluding hydrogens is 300 g/mol. The Labute approximate surface area is 159 Å². The SMILES string of the molecule is CCCC1(C)C2C(C)(C)C(C)(C(C)(C)C(C)(C)C(C)C)C2(C)C1(C)C. The summed E-state index contributed by atoms with van der Waals surface area (Å²) < 4.78 is 0. The zero-order valence-corrected chi connectivity index (χ0v) is 20.1. The number of hydrogen-bond acceptors (Lipinski definition) is 0. The normalized spacial score (nSPS) is 42.6. The van der Waals surface area contributed by atoms with Crippen molar-refractivity contribution in [2.75, 3.05) is 0 Å². The first kappa shape index (κ1) is 21.3. The summed E-state index contributed by atoms with van der Waals surface area (Å²) in [6.07, 6.45) is 2.67. The van der Waals surface area contributed by atoms with Gasteiger partial charge in [-0.05, 0) is 56.2 Å². The summed E-state index contributed by atoms with van der Waals surface area (Å²) in [4.78, 5) is 0. The number of hydrogen-bond donors (Lipinski definition) is 0. The van der Waals surface area contributed by atoms with E-state index in [1.807, 2.05) is 0 Å². The van der Waals surface area contributed by atoms with Crippen LogP contribution in [-0.4, -0.2) is 0 Å². The Kier molecular flexibility index (Phi) is 4.33. The summed E-state index contributed by atoms with van der Waals surface area (Å²) in [6, 6.07) is 0. The van der Waals surface area contributed by atoms with Crippen LogP contribution in [-0.2, 0) is 0 Å². The molecule has 0 amide bonds. The van der Waals surface area contributed by atoms with Crippen LogP contribution in [0.5, 0.6) is 0 Å². The summed E-state index contributed by atoms with van der Waals surface area (Å²) in [5, 5.41) is 0. The largest absolute Gasteiger partial charge is 0.0654 e. The van der Waals surface area contributed by atoms with Gasteiger partial charge in [-0.25, -0.2) is 0 Å². The highest BCUT2D eigenvalue weighted by Gasteiger charge is 2.90. The molecule has 2 rings (SSSR count). The predicted octanol–water partition coefficient (Wildman–Crippen LogP) is 8.21. The Morgan fingerprint density at radius 1 is 0.840 bits per heavy atom. The second-order valence-electron chi connectivity index (χ2n) is 12.8. The molecule has 4 atom stereocenters. The molecule has 0 spiro atoms. The lowest BCUT2D eigenvalue weighted by Crippen LogP contribution is -2.90. The van der Waals surface area contributed by atoms with E-state index in [9.17, 15) is 0 Å². The molecule has 2 aliphatic carbocycles. The lowest BCUT2D eigenvalue weighted by atomic mass is 9.09. The topological polar surface area (TPSA) is 0 Å². The van der Waals surface area contributed by atoms with Gasteiger partial charge in [-0.3, -0.25) is 0 Å². The highest BCUT2D eigenvalue weighted by atomic mass is 14.9. The molecule has 4 unspecified atom stereocenters. The first-order chi connectivity index (χ1) is 10.9. The van der Waals surface area contributed by atoms with E-state index in [0.717, 1.165) is 5.92 Å². The fourth-order valence-corrected chi connectivity index (χ4v) is 8.98. The van der Waals surface area contributed by atoms with Gasteiger partial charge >= 0.3 is 0 Å². The van der Waals surface area contributed by atoms with E-state index >= 15 is 0 Å². The van der Waals surface area contributed by atoms with Gasteiger partial charge in [-0.2, -0.15) is 0 Å². The van der Waals surface area contributed by atoms with Gasteiger partial charge in [0.05, 0.1) is 0 Å². The van der Waals surface area contributed by atoms with Gasteiger partial charge < -0.3 is 0 Å². The van der Waals surface area contributed by atoms with Gasteiger partial charge in [0.25, 0.3) is 0 Å². The van der Waals surface area contributed by atoms with Crippen LogP contribution in [0.15, 0.2) is 0 Å². The lowest BCUT2D eigenvalue weighted by Gasteiger charge is -2.94. The van der Waals surface area contributed by atoms with Gasteiger partial charge in [0.15, 0.2) is 0 Å². The van der Waals surface area contributed by atoms with E-state index in [0.29, 0.717) is 38.4 Å². The maximum Gasteiger partial charge on any atom is -0.0153 e. The first-order valence-electron chi connectivity index (χ1n) is 10.9. The molecule has 0 bridgehead atoms. The van der Waals surface area contributed by atoms with Crippen molar-refractivity contribution < 1.29 is 0 Å². The Hall–Kier alpha value is 0. The first-order valence-corrected chi connectivity index (χ1v) is 10.9. The van der Waals surface area contributed by atoms with Gasteiger partial charge in [0.1, 0.15) is 0 Å². The van der Waals surface area contributed by atoms with Crippen molar-refractivity contribution in [2.45, 2.75) is 110 Å². The van der Waals surface area contributed by atoms with Crippen molar-refractivity contribution in [3.8, 4) is 0 Å². The fraction of sp³-hybridized carbons (Fsp3) is 1.00. The molecule has 2 saturated carbocycles. The van der Waals surface area contributed by atoms with Crippen LogP contribution in [0.3, 0.4) is 0 Å². The van der Waals surface area contributed by atoms with E-state index < -0.39 is 0 Å². The average Bonchev–Trinajstić information content (AvgIpc) is 2.44. The summed E-state index contributed by atoms with van der Waals surface area (Å²) >= 11 is 0. The zero-order chi connectivity index (χ0) is 20.1. The lowest BCUT2D eigenvalue weighted by molar-refractivity contribution is -0.475. The van der Waals surface area contributed by atoms with Crippen molar-refractivity contribution in [1.82, 2.24) is 0 Å². The highest BCUT2D eigenvalue weighted by molar-refractivity contribution is 5.37. The van der Waals surface area contributed by atoms with Crippen LogP contribution in [0.2, 0.25) is 0 Å². The summed E-state index contributed by atoms with van der Waals surface area (Å²) in [5.41, 5.74) is 2.53. The van der Waals surface area contributed by atoms with Gasteiger partial charge in [0.2, 0.25) is 0 Å². The molecule has 2 fully saturated rings. The van der Waals surface area contributed by atoms with Crippen molar-refractivity contribution in [1.29, 1.82) is 0 Å². The summed E-state index contributed by atoms with van der Waals surface area (Å²) in [6.45, 7) is 35.7. The maximum absolute atomic E-state index is 2.65. The Morgan fingerprint density at radius 2 is 1.28 bits per heavy atom. The molecule has 25 heavy (non-hydrogen) atoms. The third-order valence-corrected chi connectivity index (χ3v) is 12.1. The quantitative estimate of drug-likeness (QED) is 0.469. The molecule has 0 aromatic heterocycles.